The second-order valence-electron chi connectivity index (χ2n) is 6.72. The van der Waals surface area contributed by atoms with Gasteiger partial charge < -0.3 is 4.90 Å². The van der Waals surface area contributed by atoms with Crippen molar-refractivity contribution in [3.05, 3.63) is 65.5 Å². The molecule has 2 aromatic heterocycles. The molecule has 1 aliphatic rings. The molecule has 7 nitrogen and oxygen atoms in total. The third kappa shape index (κ3) is 3.96. The van der Waals surface area contributed by atoms with Gasteiger partial charge >= 0.3 is 0 Å². The van der Waals surface area contributed by atoms with Crippen LogP contribution in [0.1, 0.15) is 16.8 Å². The first-order valence-corrected chi connectivity index (χ1v) is 9.04. The SMILES string of the molecule is Cc1ccn(-c2ccc(N3CCN(Cc4ccc(C#N)cc4)CC3)nn2)n1. The lowest BCUT2D eigenvalue weighted by Crippen LogP contribution is -2.46. The monoisotopic (exact) mass is 359 g/mol. The van der Waals surface area contributed by atoms with E-state index in [1.165, 1.54) is 5.56 Å². The molecule has 136 valence electrons. The highest BCUT2D eigenvalue weighted by Crippen LogP contribution is 2.16. The minimum absolute atomic E-state index is 0.705. The van der Waals surface area contributed by atoms with Gasteiger partial charge in [-0.25, -0.2) is 4.68 Å². The Morgan fingerprint density at radius 2 is 1.63 bits per heavy atom. The summed E-state index contributed by atoms with van der Waals surface area (Å²) < 4.78 is 1.74. The van der Waals surface area contributed by atoms with Crippen molar-refractivity contribution in [2.75, 3.05) is 31.1 Å². The molecule has 0 atom stereocenters. The molecule has 0 bridgehead atoms. The summed E-state index contributed by atoms with van der Waals surface area (Å²) in [7, 11) is 0. The maximum atomic E-state index is 8.89. The van der Waals surface area contributed by atoms with Crippen molar-refractivity contribution >= 4 is 5.82 Å². The first kappa shape index (κ1) is 17.2. The molecule has 0 amide bonds. The van der Waals surface area contributed by atoms with Crippen LogP contribution < -0.4 is 4.90 Å². The summed E-state index contributed by atoms with van der Waals surface area (Å²) in [6.07, 6.45) is 1.89. The highest BCUT2D eigenvalue weighted by atomic mass is 15.4. The molecule has 1 aromatic carbocycles. The van der Waals surface area contributed by atoms with E-state index in [0.717, 1.165) is 50.1 Å². The van der Waals surface area contributed by atoms with Crippen molar-refractivity contribution in [2.45, 2.75) is 13.5 Å². The summed E-state index contributed by atoms with van der Waals surface area (Å²) in [6, 6.07) is 15.9. The number of nitrogens with zero attached hydrogens (tertiary/aromatic N) is 7. The molecule has 3 aromatic rings. The minimum Gasteiger partial charge on any atom is -0.353 e. The molecule has 1 saturated heterocycles. The van der Waals surface area contributed by atoms with Gasteiger partial charge in [-0.15, -0.1) is 10.2 Å². The van der Waals surface area contributed by atoms with E-state index in [1.807, 2.05) is 55.6 Å². The van der Waals surface area contributed by atoms with Crippen molar-refractivity contribution in [3.8, 4) is 11.9 Å². The number of aromatic nitrogens is 4. The van der Waals surface area contributed by atoms with Crippen LogP contribution in [0.25, 0.3) is 5.82 Å². The fourth-order valence-corrected chi connectivity index (χ4v) is 3.23. The van der Waals surface area contributed by atoms with Crippen molar-refractivity contribution < 1.29 is 0 Å². The van der Waals surface area contributed by atoms with Crippen molar-refractivity contribution in [1.29, 1.82) is 5.26 Å². The smallest absolute Gasteiger partial charge is 0.175 e. The third-order valence-electron chi connectivity index (χ3n) is 4.78. The predicted octanol–water partition coefficient (Wildman–Crippen LogP) is 2.16. The Balaban J connectivity index is 1.34. The molecule has 0 N–H and O–H groups in total. The second-order valence-corrected chi connectivity index (χ2v) is 6.72. The molecule has 3 heterocycles. The highest BCUT2D eigenvalue weighted by molar-refractivity contribution is 5.40. The summed E-state index contributed by atoms with van der Waals surface area (Å²) >= 11 is 0. The number of nitriles is 1. The van der Waals surface area contributed by atoms with Gasteiger partial charge in [0.25, 0.3) is 0 Å². The molecule has 0 saturated carbocycles. The zero-order chi connectivity index (χ0) is 18.6. The fourth-order valence-electron chi connectivity index (χ4n) is 3.23. The molecule has 0 spiro atoms. The number of rotatable bonds is 4. The van der Waals surface area contributed by atoms with Crippen LogP contribution in [-0.2, 0) is 6.54 Å². The van der Waals surface area contributed by atoms with Crippen molar-refractivity contribution in [1.82, 2.24) is 24.9 Å². The van der Waals surface area contributed by atoms with Crippen molar-refractivity contribution in [2.24, 2.45) is 0 Å². The van der Waals surface area contributed by atoms with Gasteiger partial charge in [0.05, 0.1) is 17.3 Å². The normalized spacial score (nSPS) is 14.9. The van der Waals surface area contributed by atoms with Crippen LogP contribution in [0, 0.1) is 18.3 Å². The summed E-state index contributed by atoms with van der Waals surface area (Å²) in [6.45, 7) is 6.65. The van der Waals surface area contributed by atoms with Gasteiger partial charge in [0.2, 0.25) is 0 Å². The van der Waals surface area contributed by atoms with Crippen LogP contribution >= 0.6 is 0 Å². The summed E-state index contributed by atoms with van der Waals surface area (Å²) in [4.78, 5) is 4.69. The van der Waals surface area contributed by atoms with E-state index in [-0.39, 0.29) is 0 Å². The quantitative estimate of drug-likeness (QED) is 0.711. The maximum absolute atomic E-state index is 8.89. The van der Waals surface area contributed by atoms with Crippen LogP contribution in [-0.4, -0.2) is 51.1 Å². The zero-order valence-corrected chi connectivity index (χ0v) is 15.3. The first-order valence-electron chi connectivity index (χ1n) is 9.04. The van der Waals surface area contributed by atoms with E-state index in [9.17, 15) is 0 Å². The standard InChI is InChI=1S/C20H21N7/c1-16-8-9-27(24-16)20-7-6-19(22-23-20)26-12-10-25(11-13-26)15-18-4-2-17(14-21)3-5-18/h2-9H,10-13,15H2,1H3. The Morgan fingerprint density at radius 1 is 0.926 bits per heavy atom. The van der Waals surface area contributed by atoms with Crippen LogP contribution in [0.5, 0.6) is 0 Å². The molecule has 1 fully saturated rings. The van der Waals surface area contributed by atoms with Crippen LogP contribution in [0.15, 0.2) is 48.7 Å². The summed E-state index contributed by atoms with van der Waals surface area (Å²) in [5, 5.41) is 21.9. The van der Waals surface area contributed by atoms with E-state index in [1.54, 1.807) is 4.68 Å². The Hall–Kier alpha value is -3.24. The molecule has 0 unspecified atom stereocenters. The van der Waals surface area contributed by atoms with Gasteiger partial charge in [-0.3, -0.25) is 4.90 Å². The Morgan fingerprint density at radius 3 is 2.22 bits per heavy atom. The molecule has 0 aliphatic carbocycles. The number of hydrogen-bond donors (Lipinski definition) is 0. The van der Waals surface area contributed by atoms with Gasteiger partial charge in [0.1, 0.15) is 0 Å². The average Bonchev–Trinajstić information content (AvgIpc) is 3.16. The maximum Gasteiger partial charge on any atom is 0.175 e. The number of hydrogen-bond acceptors (Lipinski definition) is 6. The van der Waals surface area contributed by atoms with Crippen LogP contribution in [0.2, 0.25) is 0 Å². The number of benzene rings is 1. The lowest BCUT2D eigenvalue weighted by molar-refractivity contribution is 0.249. The van der Waals surface area contributed by atoms with Gasteiger partial charge in [0, 0.05) is 38.9 Å². The molecule has 0 radical (unpaired) electrons. The predicted molar refractivity (Wildman–Crippen MR) is 103 cm³/mol. The van der Waals surface area contributed by atoms with E-state index < -0.39 is 0 Å². The van der Waals surface area contributed by atoms with E-state index in [4.69, 9.17) is 5.26 Å². The van der Waals surface area contributed by atoms with Gasteiger partial charge in [-0.05, 0) is 42.8 Å². The zero-order valence-electron chi connectivity index (χ0n) is 15.3. The highest BCUT2D eigenvalue weighted by Gasteiger charge is 2.18. The third-order valence-corrected chi connectivity index (χ3v) is 4.78. The van der Waals surface area contributed by atoms with E-state index in [0.29, 0.717) is 5.56 Å². The topological polar surface area (TPSA) is 73.9 Å². The second kappa shape index (κ2) is 7.56. The fraction of sp³-hybridized carbons (Fsp3) is 0.300. The van der Waals surface area contributed by atoms with E-state index in [2.05, 4.69) is 31.2 Å². The molecule has 4 rings (SSSR count). The lowest BCUT2D eigenvalue weighted by atomic mass is 10.1. The van der Waals surface area contributed by atoms with Gasteiger partial charge in [-0.1, -0.05) is 12.1 Å². The Bertz CT molecular complexity index is 930. The number of aryl methyl sites for hydroxylation is 1. The van der Waals surface area contributed by atoms with E-state index >= 15 is 0 Å². The minimum atomic E-state index is 0.705. The van der Waals surface area contributed by atoms with Gasteiger partial charge in [-0.2, -0.15) is 10.4 Å². The molecule has 1 aliphatic heterocycles. The average molecular weight is 359 g/mol. The molecule has 7 heteroatoms. The number of anilines is 1. The summed E-state index contributed by atoms with van der Waals surface area (Å²) in [5.41, 5.74) is 2.90. The van der Waals surface area contributed by atoms with Gasteiger partial charge in [0.15, 0.2) is 11.6 Å². The molecular weight excluding hydrogens is 338 g/mol. The number of piperazine rings is 1. The lowest BCUT2D eigenvalue weighted by Gasteiger charge is -2.35. The largest absolute Gasteiger partial charge is 0.353 e. The first-order chi connectivity index (χ1) is 13.2. The van der Waals surface area contributed by atoms with Crippen LogP contribution in [0.3, 0.4) is 0 Å². The summed E-state index contributed by atoms with van der Waals surface area (Å²) in [5.74, 6) is 1.63. The molecule has 27 heavy (non-hydrogen) atoms. The molecular formula is C20H21N7. The van der Waals surface area contributed by atoms with Crippen molar-refractivity contribution in [3.63, 3.8) is 0 Å². The Kier molecular flexibility index (Phi) is 4.81. The Labute approximate surface area is 158 Å². The van der Waals surface area contributed by atoms with Crippen LogP contribution in [0.4, 0.5) is 5.82 Å².